The molecule has 4 heteroatoms. The Labute approximate surface area is 112 Å². The number of carboxylic acid groups (broad SMARTS) is 1. The molecule has 0 fully saturated rings. The first-order valence-corrected chi connectivity index (χ1v) is 6.36. The van der Waals surface area contributed by atoms with Gasteiger partial charge in [0.05, 0.1) is 0 Å². The second kappa shape index (κ2) is 5.26. The molecular weight excluding hydrogens is 242 g/mol. The summed E-state index contributed by atoms with van der Waals surface area (Å²) in [5.41, 5.74) is 3.18. The standard InChI is InChI=1S/C15H17NO3/c1-4-10-5-6-11(9(2)3)12(7-10)14-8-13(15(17)18)16-19-14/h5-9H,4H2,1-3H3,(H,17,18). The minimum Gasteiger partial charge on any atom is -0.476 e. The lowest BCUT2D eigenvalue weighted by Gasteiger charge is -2.11. The maximum atomic E-state index is 10.9. The molecule has 0 saturated carbocycles. The number of hydrogen-bond donors (Lipinski definition) is 1. The van der Waals surface area contributed by atoms with Gasteiger partial charge in [-0.15, -0.1) is 0 Å². The van der Waals surface area contributed by atoms with E-state index in [1.807, 2.05) is 6.07 Å². The average molecular weight is 259 g/mol. The topological polar surface area (TPSA) is 63.3 Å². The van der Waals surface area contributed by atoms with Crippen molar-refractivity contribution in [3.05, 3.63) is 41.1 Å². The van der Waals surface area contributed by atoms with E-state index in [9.17, 15) is 4.79 Å². The van der Waals surface area contributed by atoms with E-state index in [1.54, 1.807) is 0 Å². The number of rotatable bonds is 4. The van der Waals surface area contributed by atoms with Crippen LogP contribution in [-0.2, 0) is 6.42 Å². The van der Waals surface area contributed by atoms with E-state index in [0.29, 0.717) is 11.7 Å². The van der Waals surface area contributed by atoms with E-state index in [4.69, 9.17) is 9.63 Å². The van der Waals surface area contributed by atoms with Gasteiger partial charge in [-0.3, -0.25) is 0 Å². The first kappa shape index (κ1) is 13.3. The zero-order chi connectivity index (χ0) is 14.0. The Balaban J connectivity index is 2.54. The van der Waals surface area contributed by atoms with E-state index in [-0.39, 0.29) is 5.69 Å². The summed E-state index contributed by atoms with van der Waals surface area (Å²) in [4.78, 5) is 10.9. The summed E-state index contributed by atoms with van der Waals surface area (Å²) >= 11 is 0. The summed E-state index contributed by atoms with van der Waals surface area (Å²) in [6.45, 7) is 6.27. The van der Waals surface area contributed by atoms with Crippen LogP contribution in [0.5, 0.6) is 0 Å². The smallest absolute Gasteiger partial charge is 0.358 e. The van der Waals surface area contributed by atoms with Gasteiger partial charge in [-0.1, -0.05) is 38.1 Å². The molecule has 4 nitrogen and oxygen atoms in total. The van der Waals surface area contributed by atoms with Gasteiger partial charge in [0.1, 0.15) is 0 Å². The number of nitrogens with zero attached hydrogens (tertiary/aromatic N) is 1. The zero-order valence-corrected chi connectivity index (χ0v) is 11.3. The van der Waals surface area contributed by atoms with Crippen molar-refractivity contribution < 1.29 is 14.4 Å². The first-order chi connectivity index (χ1) is 9.02. The molecule has 0 spiro atoms. The third-order valence-corrected chi connectivity index (χ3v) is 3.14. The molecule has 0 atom stereocenters. The molecule has 0 aliphatic carbocycles. The van der Waals surface area contributed by atoms with Gasteiger partial charge in [0.2, 0.25) is 0 Å². The summed E-state index contributed by atoms with van der Waals surface area (Å²) in [5, 5.41) is 12.5. The summed E-state index contributed by atoms with van der Waals surface area (Å²) < 4.78 is 5.17. The molecule has 0 aliphatic rings. The van der Waals surface area contributed by atoms with Crippen molar-refractivity contribution in [2.24, 2.45) is 0 Å². The second-order valence-corrected chi connectivity index (χ2v) is 4.81. The van der Waals surface area contributed by atoms with Gasteiger partial charge in [0.15, 0.2) is 11.5 Å². The fourth-order valence-electron chi connectivity index (χ4n) is 2.04. The van der Waals surface area contributed by atoms with Gasteiger partial charge in [0.25, 0.3) is 0 Å². The van der Waals surface area contributed by atoms with Gasteiger partial charge in [-0.25, -0.2) is 4.79 Å². The van der Waals surface area contributed by atoms with Crippen LogP contribution in [-0.4, -0.2) is 16.2 Å². The Morgan fingerprint density at radius 1 is 1.37 bits per heavy atom. The van der Waals surface area contributed by atoms with Crippen LogP contribution in [0.15, 0.2) is 28.8 Å². The summed E-state index contributed by atoms with van der Waals surface area (Å²) in [6.07, 6.45) is 0.922. The van der Waals surface area contributed by atoms with Crippen LogP contribution in [0.3, 0.4) is 0 Å². The van der Waals surface area contributed by atoms with Crippen LogP contribution >= 0.6 is 0 Å². The lowest BCUT2D eigenvalue weighted by molar-refractivity contribution is 0.0686. The van der Waals surface area contributed by atoms with Crippen LogP contribution in [0.1, 0.15) is 48.3 Å². The highest BCUT2D eigenvalue weighted by molar-refractivity contribution is 5.86. The number of benzene rings is 1. The first-order valence-electron chi connectivity index (χ1n) is 6.36. The molecule has 100 valence electrons. The number of carbonyl (C=O) groups is 1. The highest BCUT2D eigenvalue weighted by Gasteiger charge is 2.16. The Bertz CT molecular complexity index is 599. The molecule has 0 bridgehead atoms. The largest absolute Gasteiger partial charge is 0.476 e. The van der Waals surface area contributed by atoms with Crippen LogP contribution in [0.4, 0.5) is 0 Å². The number of aryl methyl sites for hydroxylation is 1. The average Bonchev–Trinajstić information content (AvgIpc) is 2.87. The van der Waals surface area contributed by atoms with Crippen LogP contribution < -0.4 is 0 Å². The van der Waals surface area contributed by atoms with Crippen LogP contribution in [0, 0.1) is 0 Å². The Morgan fingerprint density at radius 3 is 2.63 bits per heavy atom. The lowest BCUT2D eigenvalue weighted by atomic mass is 9.93. The van der Waals surface area contributed by atoms with E-state index in [1.165, 1.54) is 11.6 Å². The van der Waals surface area contributed by atoms with Crippen molar-refractivity contribution in [1.29, 1.82) is 0 Å². The van der Waals surface area contributed by atoms with Crippen molar-refractivity contribution in [3.8, 4) is 11.3 Å². The van der Waals surface area contributed by atoms with Gasteiger partial charge in [-0.2, -0.15) is 0 Å². The highest BCUT2D eigenvalue weighted by Crippen LogP contribution is 2.31. The lowest BCUT2D eigenvalue weighted by Crippen LogP contribution is -1.95. The van der Waals surface area contributed by atoms with Gasteiger partial charge in [-0.05, 0) is 29.5 Å². The molecule has 2 aromatic rings. The minimum atomic E-state index is -1.08. The molecule has 1 heterocycles. The summed E-state index contributed by atoms with van der Waals surface area (Å²) in [5.74, 6) is -0.233. The third kappa shape index (κ3) is 2.67. The van der Waals surface area contributed by atoms with Gasteiger partial charge >= 0.3 is 5.97 Å². The zero-order valence-electron chi connectivity index (χ0n) is 11.3. The quantitative estimate of drug-likeness (QED) is 0.908. The molecule has 0 unspecified atom stereocenters. The van der Waals surface area contributed by atoms with Crippen LogP contribution in [0.2, 0.25) is 0 Å². The van der Waals surface area contributed by atoms with Crippen molar-refractivity contribution >= 4 is 5.97 Å². The van der Waals surface area contributed by atoms with Crippen molar-refractivity contribution in [2.75, 3.05) is 0 Å². The number of hydrogen-bond acceptors (Lipinski definition) is 3. The molecule has 1 aromatic carbocycles. The predicted octanol–water partition coefficient (Wildman–Crippen LogP) is 3.73. The fourth-order valence-corrected chi connectivity index (χ4v) is 2.04. The molecule has 1 N–H and O–H groups in total. The number of aromatic carboxylic acids is 1. The molecule has 19 heavy (non-hydrogen) atoms. The molecule has 0 saturated heterocycles. The normalized spacial score (nSPS) is 10.9. The van der Waals surface area contributed by atoms with Gasteiger partial charge < -0.3 is 9.63 Å². The molecule has 1 aromatic heterocycles. The Kier molecular flexibility index (Phi) is 3.69. The molecule has 0 amide bonds. The van der Waals surface area contributed by atoms with E-state index < -0.39 is 5.97 Å². The van der Waals surface area contributed by atoms with E-state index >= 15 is 0 Å². The van der Waals surface area contributed by atoms with Crippen LogP contribution in [0.25, 0.3) is 11.3 Å². The minimum absolute atomic E-state index is 0.0633. The Hall–Kier alpha value is -2.10. The second-order valence-electron chi connectivity index (χ2n) is 4.81. The summed E-state index contributed by atoms with van der Waals surface area (Å²) in [6, 6.07) is 7.68. The number of aromatic nitrogens is 1. The molecule has 2 rings (SSSR count). The third-order valence-electron chi connectivity index (χ3n) is 3.14. The van der Waals surface area contributed by atoms with Gasteiger partial charge in [0, 0.05) is 11.6 Å². The van der Waals surface area contributed by atoms with Crippen molar-refractivity contribution in [3.63, 3.8) is 0 Å². The maximum absolute atomic E-state index is 10.9. The SMILES string of the molecule is CCc1ccc(C(C)C)c(-c2cc(C(=O)O)no2)c1. The molecular formula is C15H17NO3. The molecule has 0 aliphatic heterocycles. The van der Waals surface area contributed by atoms with E-state index in [0.717, 1.165) is 17.5 Å². The monoisotopic (exact) mass is 259 g/mol. The molecule has 0 radical (unpaired) electrons. The summed E-state index contributed by atoms with van der Waals surface area (Å²) in [7, 11) is 0. The fraction of sp³-hybridized carbons (Fsp3) is 0.333. The highest BCUT2D eigenvalue weighted by atomic mass is 16.5. The van der Waals surface area contributed by atoms with Crippen molar-refractivity contribution in [1.82, 2.24) is 5.16 Å². The van der Waals surface area contributed by atoms with Crippen molar-refractivity contribution in [2.45, 2.75) is 33.1 Å². The Morgan fingerprint density at radius 2 is 2.11 bits per heavy atom. The maximum Gasteiger partial charge on any atom is 0.358 e. The van der Waals surface area contributed by atoms with E-state index in [2.05, 4.69) is 38.1 Å². The number of carboxylic acids is 1. The predicted molar refractivity (Wildman–Crippen MR) is 72.4 cm³/mol.